The number of nitrogens with zero attached hydrogens (tertiary/aromatic N) is 1. The quantitative estimate of drug-likeness (QED) is 0.788. The molecule has 116 valence electrons. The zero-order valence-electron chi connectivity index (χ0n) is 12.9. The average molecular weight is 284 g/mol. The lowest BCUT2D eigenvalue weighted by atomic mass is 9.84. The van der Waals surface area contributed by atoms with Crippen molar-refractivity contribution >= 4 is 12.0 Å². The fourth-order valence-corrected chi connectivity index (χ4v) is 2.58. The number of likely N-dealkylation sites (tertiary alicyclic amines) is 1. The maximum absolute atomic E-state index is 12.1. The Morgan fingerprint density at radius 1 is 1.30 bits per heavy atom. The third-order valence-electron chi connectivity index (χ3n) is 4.16. The number of hydrogen-bond donors (Lipinski definition) is 2. The van der Waals surface area contributed by atoms with Crippen molar-refractivity contribution in [3.8, 4) is 0 Å². The highest BCUT2D eigenvalue weighted by molar-refractivity contribution is 5.74. The molecule has 0 aromatic rings. The van der Waals surface area contributed by atoms with Crippen LogP contribution in [-0.2, 0) is 4.79 Å². The molecule has 5 heteroatoms. The van der Waals surface area contributed by atoms with Crippen LogP contribution in [0.5, 0.6) is 0 Å². The predicted molar refractivity (Wildman–Crippen MR) is 78.7 cm³/mol. The van der Waals surface area contributed by atoms with Crippen LogP contribution >= 0.6 is 0 Å². The SMILES string of the molecule is CC1CCCCN1C(=O)NCCC(C)(C)CCC(=O)O. The Labute approximate surface area is 121 Å². The maximum atomic E-state index is 12.1. The monoisotopic (exact) mass is 284 g/mol. The molecule has 1 atom stereocenters. The lowest BCUT2D eigenvalue weighted by Gasteiger charge is -2.34. The second-order valence-corrected chi connectivity index (χ2v) is 6.58. The number of carbonyl (C=O) groups excluding carboxylic acids is 1. The van der Waals surface area contributed by atoms with Gasteiger partial charge in [-0.3, -0.25) is 4.79 Å². The van der Waals surface area contributed by atoms with Crippen molar-refractivity contribution in [2.75, 3.05) is 13.1 Å². The summed E-state index contributed by atoms with van der Waals surface area (Å²) in [6.45, 7) is 7.64. The van der Waals surface area contributed by atoms with Gasteiger partial charge in [-0.1, -0.05) is 13.8 Å². The largest absolute Gasteiger partial charge is 0.481 e. The molecule has 0 spiro atoms. The van der Waals surface area contributed by atoms with Crippen LogP contribution in [0.3, 0.4) is 0 Å². The summed E-state index contributed by atoms with van der Waals surface area (Å²) in [5, 5.41) is 11.7. The molecule has 5 nitrogen and oxygen atoms in total. The molecule has 1 fully saturated rings. The summed E-state index contributed by atoms with van der Waals surface area (Å²) >= 11 is 0. The molecule has 1 rings (SSSR count). The first kappa shape index (κ1) is 16.8. The Morgan fingerprint density at radius 2 is 2.00 bits per heavy atom. The Bertz CT molecular complexity index is 342. The molecule has 0 saturated carbocycles. The van der Waals surface area contributed by atoms with Crippen molar-refractivity contribution in [3.63, 3.8) is 0 Å². The van der Waals surface area contributed by atoms with Crippen molar-refractivity contribution in [1.29, 1.82) is 0 Å². The van der Waals surface area contributed by atoms with Crippen molar-refractivity contribution in [2.45, 2.75) is 65.3 Å². The van der Waals surface area contributed by atoms with E-state index < -0.39 is 5.97 Å². The third kappa shape index (κ3) is 5.80. The molecule has 1 unspecified atom stereocenters. The van der Waals surface area contributed by atoms with Crippen LogP contribution in [0.4, 0.5) is 4.79 Å². The van der Waals surface area contributed by atoms with Gasteiger partial charge in [0, 0.05) is 25.6 Å². The summed E-state index contributed by atoms with van der Waals surface area (Å²) in [5.74, 6) is -0.760. The number of carboxylic acids is 1. The Kier molecular flexibility index (Phi) is 6.30. The Balaban J connectivity index is 2.28. The average Bonchev–Trinajstić information content (AvgIpc) is 2.37. The van der Waals surface area contributed by atoms with E-state index in [9.17, 15) is 9.59 Å². The molecule has 1 aliphatic heterocycles. The van der Waals surface area contributed by atoms with E-state index in [1.165, 1.54) is 6.42 Å². The van der Waals surface area contributed by atoms with Crippen LogP contribution < -0.4 is 5.32 Å². The molecule has 1 aliphatic rings. The molecule has 20 heavy (non-hydrogen) atoms. The molecule has 0 bridgehead atoms. The van der Waals surface area contributed by atoms with Crippen molar-refractivity contribution in [2.24, 2.45) is 5.41 Å². The minimum Gasteiger partial charge on any atom is -0.481 e. The standard InChI is InChI=1S/C15H28N2O3/c1-12-6-4-5-11-17(12)14(20)16-10-9-15(2,3)8-7-13(18)19/h12H,4-11H2,1-3H3,(H,16,20)(H,18,19). The number of nitrogens with one attached hydrogen (secondary N) is 1. The molecule has 1 heterocycles. The molecule has 0 radical (unpaired) electrons. The molecule has 0 aromatic carbocycles. The van der Waals surface area contributed by atoms with Gasteiger partial charge >= 0.3 is 12.0 Å². The van der Waals surface area contributed by atoms with Gasteiger partial charge in [-0.25, -0.2) is 4.79 Å². The number of amides is 2. The normalized spacial score (nSPS) is 19.8. The van der Waals surface area contributed by atoms with Gasteiger partial charge in [0.1, 0.15) is 0 Å². The Morgan fingerprint density at radius 3 is 2.60 bits per heavy atom. The van der Waals surface area contributed by atoms with E-state index in [2.05, 4.69) is 12.2 Å². The highest BCUT2D eigenvalue weighted by Crippen LogP contribution is 2.26. The molecular formula is C15H28N2O3. The van der Waals surface area contributed by atoms with Crippen molar-refractivity contribution in [1.82, 2.24) is 10.2 Å². The number of hydrogen-bond acceptors (Lipinski definition) is 2. The van der Waals surface area contributed by atoms with Gasteiger partial charge in [0.15, 0.2) is 0 Å². The zero-order chi connectivity index (χ0) is 15.2. The summed E-state index contributed by atoms with van der Waals surface area (Å²) in [6, 6.07) is 0.343. The van der Waals surface area contributed by atoms with E-state index in [0.29, 0.717) is 19.0 Å². The number of carboxylic acid groups (broad SMARTS) is 1. The molecule has 0 aromatic heterocycles. The molecule has 1 saturated heterocycles. The van der Waals surface area contributed by atoms with Gasteiger partial charge in [-0.15, -0.1) is 0 Å². The summed E-state index contributed by atoms with van der Waals surface area (Å²) in [6.07, 6.45) is 4.99. The van der Waals surface area contributed by atoms with Gasteiger partial charge in [-0.2, -0.15) is 0 Å². The van der Waals surface area contributed by atoms with Crippen LogP contribution in [0.1, 0.15) is 59.3 Å². The van der Waals surface area contributed by atoms with Crippen molar-refractivity contribution in [3.05, 3.63) is 0 Å². The smallest absolute Gasteiger partial charge is 0.317 e. The van der Waals surface area contributed by atoms with Gasteiger partial charge in [0.05, 0.1) is 0 Å². The first-order valence-corrected chi connectivity index (χ1v) is 7.58. The highest BCUT2D eigenvalue weighted by Gasteiger charge is 2.24. The molecule has 2 N–H and O–H groups in total. The van der Waals surface area contributed by atoms with E-state index >= 15 is 0 Å². The van der Waals surface area contributed by atoms with Crippen LogP contribution in [0, 0.1) is 5.41 Å². The molecular weight excluding hydrogens is 256 g/mol. The fourth-order valence-electron chi connectivity index (χ4n) is 2.58. The summed E-state index contributed by atoms with van der Waals surface area (Å²) in [5.41, 5.74) is -0.0564. The van der Waals surface area contributed by atoms with E-state index in [-0.39, 0.29) is 17.9 Å². The second-order valence-electron chi connectivity index (χ2n) is 6.58. The summed E-state index contributed by atoms with van der Waals surface area (Å²) < 4.78 is 0. The fraction of sp³-hybridized carbons (Fsp3) is 0.867. The van der Waals surface area contributed by atoms with Crippen molar-refractivity contribution < 1.29 is 14.7 Å². The second kappa shape index (κ2) is 7.50. The first-order chi connectivity index (χ1) is 9.32. The van der Waals surface area contributed by atoms with Crippen LogP contribution in [0.15, 0.2) is 0 Å². The lowest BCUT2D eigenvalue weighted by molar-refractivity contribution is -0.137. The van der Waals surface area contributed by atoms with Gasteiger partial charge in [-0.05, 0) is 44.4 Å². The predicted octanol–water partition coefficient (Wildman–Crippen LogP) is 2.85. The number of urea groups is 1. The minimum atomic E-state index is -0.760. The highest BCUT2D eigenvalue weighted by atomic mass is 16.4. The lowest BCUT2D eigenvalue weighted by Crippen LogP contribution is -2.48. The minimum absolute atomic E-state index is 0.0197. The van der Waals surface area contributed by atoms with Crippen LogP contribution in [-0.4, -0.2) is 41.1 Å². The van der Waals surface area contributed by atoms with Crippen LogP contribution in [0.2, 0.25) is 0 Å². The van der Waals surface area contributed by atoms with Gasteiger partial charge < -0.3 is 15.3 Å². The number of carbonyl (C=O) groups is 2. The third-order valence-corrected chi connectivity index (χ3v) is 4.16. The maximum Gasteiger partial charge on any atom is 0.317 e. The molecule has 0 aliphatic carbocycles. The number of piperidine rings is 1. The van der Waals surface area contributed by atoms with E-state index in [4.69, 9.17) is 5.11 Å². The topological polar surface area (TPSA) is 69.6 Å². The van der Waals surface area contributed by atoms with Gasteiger partial charge in [0.2, 0.25) is 0 Å². The Hall–Kier alpha value is -1.26. The van der Waals surface area contributed by atoms with E-state index in [1.54, 1.807) is 0 Å². The zero-order valence-corrected chi connectivity index (χ0v) is 12.9. The van der Waals surface area contributed by atoms with Gasteiger partial charge in [0.25, 0.3) is 0 Å². The van der Waals surface area contributed by atoms with E-state index in [1.807, 2.05) is 18.7 Å². The molecule has 2 amide bonds. The van der Waals surface area contributed by atoms with Crippen LogP contribution in [0.25, 0.3) is 0 Å². The number of aliphatic carboxylic acids is 1. The first-order valence-electron chi connectivity index (χ1n) is 7.58. The van der Waals surface area contributed by atoms with E-state index in [0.717, 1.165) is 25.8 Å². The summed E-state index contributed by atoms with van der Waals surface area (Å²) in [7, 11) is 0. The number of rotatable bonds is 6. The summed E-state index contributed by atoms with van der Waals surface area (Å²) in [4.78, 5) is 24.6.